The minimum atomic E-state index is -0.347. The number of anilines is 1. The number of benzene rings is 1. The minimum Gasteiger partial charge on any atom is -0.351 e. The SMILES string of the molecule is Cn1c(N2CCCC(NC(=O)C(C)(C)C)C2)nc2ccccc21. The molecule has 1 amide bonds. The van der Waals surface area contributed by atoms with Crippen molar-refractivity contribution < 1.29 is 4.79 Å². The van der Waals surface area contributed by atoms with Crippen molar-refractivity contribution in [1.82, 2.24) is 14.9 Å². The third kappa shape index (κ3) is 3.19. The highest BCUT2D eigenvalue weighted by Crippen LogP contribution is 2.24. The molecule has 1 aliphatic heterocycles. The third-order valence-electron chi connectivity index (χ3n) is 4.48. The van der Waals surface area contributed by atoms with Crippen LogP contribution in [0.1, 0.15) is 33.6 Å². The monoisotopic (exact) mass is 314 g/mol. The molecule has 0 aliphatic carbocycles. The molecule has 5 nitrogen and oxygen atoms in total. The zero-order valence-corrected chi connectivity index (χ0v) is 14.5. The van der Waals surface area contributed by atoms with E-state index in [-0.39, 0.29) is 17.4 Å². The van der Waals surface area contributed by atoms with Crippen molar-refractivity contribution >= 4 is 22.9 Å². The van der Waals surface area contributed by atoms with E-state index < -0.39 is 0 Å². The molecule has 0 saturated carbocycles. The number of amides is 1. The number of carbonyl (C=O) groups is 1. The summed E-state index contributed by atoms with van der Waals surface area (Å²) in [4.78, 5) is 19.3. The van der Waals surface area contributed by atoms with Gasteiger partial charge < -0.3 is 14.8 Å². The molecule has 1 saturated heterocycles. The van der Waals surface area contributed by atoms with Gasteiger partial charge in [0.15, 0.2) is 0 Å². The van der Waals surface area contributed by atoms with E-state index in [2.05, 4.69) is 27.9 Å². The Bertz CT molecular complexity index is 713. The van der Waals surface area contributed by atoms with Crippen molar-refractivity contribution in [2.45, 2.75) is 39.7 Å². The molecule has 1 unspecified atom stereocenters. The largest absolute Gasteiger partial charge is 0.351 e. The number of aromatic nitrogens is 2. The van der Waals surface area contributed by atoms with Crippen molar-refractivity contribution in [1.29, 1.82) is 0 Å². The minimum absolute atomic E-state index is 0.120. The third-order valence-corrected chi connectivity index (χ3v) is 4.48. The van der Waals surface area contributed by atoms with Gasteiger partial charge in [0.2, 0.25) is 11.9 Å². The molecule has 1 N–H and O–H groups in total. The molecule has 0 radical (unpaired) electrons. The quantitative estimate of drug-likeness (QED) is 0.927. The van der Waals surface area contributed by atoms with E-state index in [0.717, 1.165) is 42.9 Å². The molecule has 1 aliphatic rings. The Labute approximate surface area is 137 Å². The second-order valence-electron chi connectivity index (χ2n) is 7.47. The molecule has 2 heterocycles. The second-order valence-corrected chi connectivity index (χ2v) is 7.47. The maximum Gasteiger partial charge on any atom is 0.225 e. The number of imidazole rings is 1. The fraction of sp³-hybridized carbons (Fsp3) is 0.556. The first-order chi connectivity index (χ1) is 10.9. The predicted molar refractivity (Wildman–Crippen MR) is 93.5 cm³/mol. The van der Waals surface area contributed by atoms with Gasteiger partial charge in [-0.3, -0.25) is 4.79 Å². The Balaban J connectivity index is 1.78. The zero-order chi connectivity index (χ0) is 16.6. The maximum atomic E-state index is 12.2. The number of para-hydroxylation sites is 2. The first-order valence-corrected chi connectivity index (χ1v) is 8.33. The van der Waals surface area contributed by atoms with Crippen LogP contribution in [0.2, 0.25) is 0 Å². The fourth-order valence-corrected chi connectivity index (χ4v) is 3.09. The Morgan fingerprint density at radius 1 is 1.30 bits per heavy atom. The van der Waals surface area contributed by atoms with Crippen LogP contribution >= 0.6 is 0 Å². The molecule has 1 aromatic carbocycles. The van der Waals surface area contributed by atoms with Gasteiger partial charge in [-0.05, 0) is 25.0 Å². The van der Waals surface area contributed by atoms with E-state index in [4.69, 9.17) is 4.98 Å². The number of hydrogen-bond acceptors (Lipinski definition) is 3. The van der Waals surface area contributed by atoms with Crippen LogP contribution < -0.4 is 10.2 Å². The maximum absolute atomic E-state index is 12.2. The molecule has 5 heteroatoms. The van der Waals surface area contributed by atoms with Crippen LogP contribution in [-0.2, 0) is 11.8 Å². The number of rotatable bonds is 2. The van der Waals surface area contributed by atoms with Crippen LogP contribution in [0.15, 0.2) is 24.3 Å². The highest BCUT2D eigenvalue weighted by molar-refractivity contribution is 5.82. The van der Waals surface area contributed by atoms with Crippen molar-refractivity contribution in [2.24, 2.45) is 12.5 Å². The van der Waals surface area contributed by atoms with Crippen molar-refractivity contribution in [2.75, 3.05) is 18.0 Å². The number of aryl methyl sites for hydroxylation is 1. The lowest BCUT2D eigenvalue weighted by atomic mass is 9.94. The Morgan fingerprint density at radius 3 is 2.74 bits per heavy atom. The molecule has 1 atom stereocenters. The summed E-state index contributed by atoms with van der Waals surface area (Å²) in [5.74, 6) is 1.11. The van der Waals surface area contributed by atoms with Crippen LogP contribution in [0, 0.1) is 5.41 Å². The number of fused-ring (bicyclic) bond motifs is 1. The van der Waals surface area contributed by atoms with Gasteiger partial charge >= 0.3 is 0 Å². The lowest BCUT2D eigenvalue weighted by Crippen LogP contribution is -2.50. The molecule has 23 heavy (non-hydrogen) atoms. The first kappa shape index (κ1) is 15.8. The van der Waals surface area contributed by atoms with Gasteiger partial charge in [-0.15, -0.1) is 0 Å². The average Bonchev–Trinajstić information content (AvgIpc) is 2.84. The number of piperidine rings is 1. The average molecular weight is 314 g/mol. The molecule has 1 aromatic heterocycles. The molecular formula is C18H26N4O. The van der Waals surface area contributed by atoms with Crippen molar-refractivity contribution in [3.05, 3.63) is 24.3 Å². The standard InChI is InChI=1S/C18H26N4O/c1-18(2,3)16(23)19-13-8-7-11-22(12-13)17-20-14-9-5-6-10-15(14)21(17)4/h5-6,9-10,13H,7-8,11-12H2,1-4H3,(H,19,23). The van der Waals surface area contributed by atoms with E-state index in [1.54, 1.807) is 0 Å². The Hall–Kier alpha value is -2.04. The van der Waals surface area contributed by atoms with E-state index in [9.17, 15) is 4.79 Å². The molecule has 1 fully saturated rings. The van der Waals surface area contributed by atoms with Crippen LogP contribution in [0.4, 0.5) is 5.95 Å². The number of nitrogens with zero attached hydrogens (tertiary/aromatic N) is 3. The predicted octanol–water partition coefficient (Wildman–Crippen LogP) is 2.70. The molecule has 0 spiro atoms. The van der Waals surface area contributed by atoms with Crippen molar-refractivity contribution in [3.63, 3.8) is 0 Å². The topological polar surface area (TPSA) is 50.2 Å². The summed E-state index contributed by atoms with van der Waals surface area (Å²) < 4.78 is 2.14. The Kier molecular flexibility index (Phi) is 4.04. The second kappa shape index (κ2) is 5.87. The summed E-state index contributed by atoms with van der Waals surface area (Å²) in [6.07, 6.45) is 2.10. The Morgan fingerprint density at radius 2 is 2.04 bits per heavy atom. The summed E-state index contributed by atoms with van der Waals surface area (Å²) in [6, 6.07) is 8.38. The molecule has 3 rings (SSSR count). The van der Waals surface area contributed by atoms with E-state index >= 15 is 0 Å². The van der Waals surface area contributed by atoms with Crippen LogP contribution in [0.5, 0.6) is 0 Å². The van der Waals surface area contributed by atoms with Crippen LogP contribution in [-0.4, -0.2) is 34.6 Å². The van der Waals surface area contributed by atoms with E-state index in [1.807, 2.05) is 39.0 Å². The number of hydrogen-bond donors (Lipinski definition) is 1. The van der Waals surface area contributed by atoms with Crippen LogP contribution in [0.25, 0.3) is 11.0 Å². The smallest absolute Gasteiger partial charge is 0.225 e. The van der Waals surface area contributed by atoms with E-state index in [1.165, 1.54) is 0 Å². The summed E-state index contributed by atoms with van der Waals surface area (Å²) in [5, 5.41) is 3.19. The lowest BCUT2D eigenvalue weighted by Gasteiger charge is -2.35. The number of carbonyl (C=O) groups excluding carboxylic acids is 1. The van der Waals surface area contributed by atoms with Gasteiger partial charge in [0, 0.05) is 31.6 Å². The van der Waals surface area contributed by atoms with Crippen LogP contribution in [0.3, 0.4) is 0 Å². The summed E-state index contributed by atoms with van der Waals surface area (Å²) in [5.41, 5.74) is 1.81. The molecule has 2 aromatic rings. The zero-order valence-electron chi connectivity index (χ0n) is 14.5. The number of nitrogens with one attached hydrogen (secondary N) is 1. The van der Waals surface area contributed by atoms with Gasteiger partial charge in [-0.2, -0.15) is 0 Å². The molecular weight excluding hydrogens is 288 g/mol. The van der Waals surface area contributed by atoms with Gasteiger partial charge in [0.05, 0.1) is 11.0 Å². The molecule has 124 valence electrons. The van der Waals surface area contributed by atoms with Gasteiger partial charge in [0.1, 0.15) is 0 Å². The summed E-state index contributed by atoms with van der Waals surface area (Å²) >= 11 is 0. The first-order valence-electron chi connectivity index (χ1n) is 8.33. The van der Waals surface area contributed by atoms with Gasteiger partial charge in [-0.25, -0.2) is 4.98 Å². The normalized spacial score (nSPS) is 19.1. The molecule has 0 bridgehead atoms. The fourth-order valence-electron chi connectivity index (χ4n) is 3.09. The van der Waals surface area contributed by atoms with Gasteiger partial charge in [-0.1, -0.05) is 32.9 Å². The highest BCUT2D eigenvalue weighted by Gasteiger charge is 2.28. The van der Waals surface area contributed by atoms with Gasteiger partial charge in [0.25, 0.3) is 0 Å². The lowest BCUT2D eigenvalue weighted by molar-refractivity contribution is -0.129. The van der Waals surface area contributed by atoms with E-state index in [0.29, 0.717) is 0 Å². The highest BCUT2D eigenvalue weighted by atomic mass is 16.2. The summed E-state index contributed by atoms with van der Waals surface area (Å²) in [6.45, 7) is 7.66. The van der Waals surface area contributed by atoms with Crippen molar-refractivity contribution in [3.8, 4) is 0 Å². The summed E-state index contributed by atoms with van der Waals surface area (Å²) in [7, 11) is 2.06.